The summed E-state index contributed by atoms with van der Waals surface area (Å²) in [6.07, 6.45) is 6.65. The van der Waals surface area contributed by atoms with Gasteiger partial charge in [-0.05, 0) is 31.2 Å². The maximum absolute atomic E-state index is 5.04. The summed E-state index contributed by atoms with van der Waals surface area (Å²) in [5.74, 6) is 0. The molecular weight excluding hydrogens is 174 g/mol. The molecule has 0 aromatic heterocycles. The standard InChI is InChI=1S/C12H25NO/c1-12(2)8-5-4-7-11(12)13-9-6-10-14-3/h11,13H,4-10H2,1-3H3. The number of hydrogen-bond acceptors (Lipinski definition) is 2. The first-order valence-electron chi connectivity index (χ1n) is 5.89. The van der Waals surface area contributed by atoms with Crippen LogP contribution in [0.15, 0.2) is 0 Å². The predicted octanol–water partition coefficient (Wildman–Crippen LogP) is 2.58. The van der Waals surface area contributed by atoms with Gasteiger partial charge in [-0.1, -0.05) is 26.7 Å². The molecule has 0 spiro atoms. The summed E-state index contributed by atoms with van der Waals surface area (Å²) in [5, 5.41) is 3.67. The van der Waals surface area contributed by atoms with Crippen LogP contribution in [0.25, 0.3) is 0 Å². The second kappa shape index (κ2) is 5.72. The van der Waals surface area contributed by atoms with Gasteiger partial charge in [-0.25, -0.2) is 0 Å². The lowest BCUT2D eigenvalue weighted by atomic mass is 9.73. The van der Waals surface area contributed by atoms with Crippen molar-refractivity contribution < 1.29 is 4.74 Å². The number of rotatable bonds is 5. The van der Waals surface area contributed by atoms with Crippen molar-refractivity contribution in [1.82, 2.24) is 5.32 Å². The van der Waals surface area contributed by atoms with Crippen LogP contribution in [0.2, 0.25) is 0 Å². The van der Waals surface area contributed by atoms with Gasteiger partial charge in [-0.2, -0.15) is 0 Å². The molecule has 1 fully saturated rings. The lowest BCUT2D eigenvalue weighted by molar-refractivity contribution is 0.156. The molecule has 0 radical (unpaired) electrons. The smallest absolute Gasteiger partial charge is 0.0474 e. The fourth-order valence-corrected chi connectivity index (χ4v) is 2.37. The minimum absolute atomic E-state index is 0.491. The Labute approximate surface area is 88.4 Å². The number of ether oxygens (including phenoxy) is 1. The Hall–Kier alpha value is -0.0800. The van der Waals surface area contributed by atoms with Crippen LogP contribution in [-0.2, 0) is 4.74 Å². The summed E-state index contributed by atoms with van der Waals surface area (Å²) >= 11 is 0. The first-order valence-corrected chi connectivity index (χ1v) is 5.89. The van der Waals surface area contributed by atoms with Gasteiger partial charge in [-0.15, -0.1) is 0 Å². The number of hydrogen-bond donors (Lipinski definition) is 1. The van der Waals surface area contributed by atoms with Crippen molar-refractivity contribution in [3.8, 4) is 0 Å². The summed E-state index contributed by atoms with van der Waals surface area (Å²) in [4.78, 5) is 0. The minimum atomic E-state index is 0.491. The zero-order valence-electron chi connectivity index (χ0n) is 9.94. The van der Waals surface area contributed by atoms with Gasteiger partial charge >= 0.3 is 0 Å². The molecule has 1 aliphatic carbocycles. The maximum atomic E-state index is 5.04. The molecule has 14 heavy (non-hydrogen) atoms. The summed E-state index contributed by atoms with van der Waals surface area (Å²) in [7, 11) is 1.77. The highest BCUT2D eigenvalue weighted by atomic mass is 16.5. The van der Waals surface area contributed by atoms with Crippen molar-refractivity contribution >= 4 is 0 Å². The molecule has 2 heteroatoms. The summed E-state index contributed by atoms with van der Waals surface area (Å²) < 4.78 is 5.04. The minimum Gasteiger partial charge on any atom is -0.385 e. The van der Waals surface area contributed by atoms with Crippen LogP contribution in [0.1, 0.15) is 46.0 Å². The molecule has 0 aliphatic heterocycles. The zero-order valence-corrected chi connectivity index (χ0v) is 9.94. The fourth-order valence-electron chi connectivity index (χ4n) is 2.37. The highest BCUT2D eigenvalue weighted by Crippen LogP contribution is 2.35. The lowest BCUT2D eigenvalue weighted by Crippen LogP contribution is -2.44. The lowest BCUT2D eigenvalue weighted by Gasteiger charge is -2.39. The Morgan fingerprint density at radius 2 is 2.14 bits per heavy atom. The Morgan fingerprint density at radius 1 is 1.36 bits per heavy atom. The summed E-state index contributed by atoms with van der Waals surface area (Å²) in [6.45, 7) is 6.75. The van der Waals surface area contributed by atoms with Gasteiger partial charge in [0.1, 0.15) is 0 Å². The van der Waals surface area contributed by atoms with E-state index < -0.39 is 0 Å². The van der Waals surface area contributed by atoms with E-state index in [0.29, 0.717) is 11.5 Å². The molecule has 1 aliphatic rings. The van der Waals surface area contributed by atoms with Crippen molar-refractivity contribution in [2.45, 2.75) is 52.0 Å². The SMILES string of the molecule is COCCCNC1CCCCC1(C)C. The average molecular weight is 199 g/mol. The Balaban J connectivity index is 2.20. The molecule has 0 amide bonds. The molecule has 0 aromatic rings. The zero-order chi connectivity index (χ0) is 10.4. The van der Waals surface area contributed by atoms with E-state index in [2.05, 4.69) is 19.2 Å². The first kappa shape index (κ1) is 12.0. The predicted molar refractivity (Wildman–Crippen MR) is 60.5 cm³/mol. The Morgan fingerprint density at radius 3 is 2.79 bits per heavy atom. The van der Waals surface area contributed by atoms with E-state index >= 15 is 0 Å². The van der Waals surface area contributed by atoms with E-state index in [-0.39, 0.29) is 0 Å². The van der Waals surface area contributed by atoms with E-state index in [1.54, 1.807) is 7.11 Å². The molecule has 2 nitrogen and oxygen atoms in total. The van der Waals surface area contributed by atoms with Gasteiger partial charge in [0.05, 0.1) is 0 Å². The number of nitrogens with one attached hydrogen (secondary N) is 1. The van der Waals surface area contributed by atoms with Crippen molar-refractivity contribution in [2.75, 3.05) is 20.3 Å². The van der Waals surface area contributed by atoms with Crippen LogP contribution in [0, 0.1) is 5.41 Å². The molecule has 1 atom stereocenters. The molecule has 1 saturated carbocycles. The largest absolute Gasteiger partial charge is 0.385 e. The highest BCUT2D eigenvalue weighted by molar-refractivity contribution is 4.87. The van der Waals surface area contributed by atoms with E-state index in [9.17, 15) is 0 Å². The molecule has 0 bridgehead atoms. The summed E-state index contributed by atoms with van der Waals surface area (Å²) in [6, 6.07) is 0.716. The second-order valence-electron chi connectivity index (χ2n) is 5.09. The van der Waals surface area contributed by atoms with E-state index in [4.69, 9.17) is 4.74 Å². The summed E-state index contributed by atoms with van der Waals surface area (Å²) in [5.41, 5.74) is 0.491. The molecule has 0 saturated heterocycles. The third-order valence-corrected chi connectivity index (χ3v) is 3.42. The highest BCUT2D eigenvalue weighted by Gasteiger charge is 2.31. The average Bonchev–Trinajstić information content (AvgIpc) is 2.14. The van der Waals surface area contributed by atoms with E-state index in [0.717, 1.165) is 19.6 Å². The van der Waals surface area contributed by atoms with Crippen LogP contribution in [-0.4, -0.2) is 26.3 Å². The van der Waals surface area contributed by atoms with Gasteiger partial charge in [0.15, 0.2) is 0 Å². The van der Waals surface area contributed by atoms with Crippen molar-refractivity contribution in [1.29, 1.82) is 0 Å². The molecule has 0 aromatic carbocycles. The van der Waals surface area contributed by atoms with Gasteiger partial charge in [0.2, 0.25) is 0 Å². The van der Waals surface area contributed by atoms with E-state index in [1.807, 2.05) is 0 Å². The molecule has 0 heterocycles. The first-order chi connectivity index (χ1) is 6.67. The normalized spacial score (nSPS) is 26.4. The van der Waals surface area contributed by atoms with Crippen molar-refractivity contribution in [2.24, 2.45) is 5.41 Å². The van der Waals surface area contributed by atoms with Gasteiger partial charge in [-0.3, -0.25) is 0 Å². The third-order valence-electron chi connectivity index (χ3n) is 3.42. The van der Waals surface area contributed by atoms with Gasteiger partial charge < -0.3 is 10.1 Å². The maximum Gasteiger partial charge on any atom is 0.0474 e. The molecular formula is C12H25NO. The monoisotopic (exact) mass is 199 g/mol. The number of methoxy groups -OCH3 is 1. The quantitative estimate of drug-likeness (QED) is 0.687. The molecule has 1 N–H and O–H groups in total. The van der Waals surface area contributed by atoms with Crippen molar-refractivity contribution in [3.63, 3.8) is 0 Å². The molecule has 84 valence electrons. The fraction of sp³-hybridized carbons (Fsp3) is 1.00. The Kier molecular flexibility index (Phi) is 4.90. The Bertz CT molecular complexity index is 156. The van der Waals surface area contributed by atoms with Crippen molar-refractivity contribution in [3.05, 3.63) is 0 Å². The van der Waals surface area contributed by atoms with Crippen LogP contribution in [0.3, 0.4) is 0 Å². The second-order valence-corrected chi connectivity index (χ2v) is 5.09. The van der Waals surface area contributed by atoms with Gasteiger partial charge in [0.25, 0.3) is 0 Å². The van der Waals surface area contributed by atoms with Gasteiger partial charge in [0, 0.05) is 19.8 Å². The van der Waals surface area contributed by atoms with Crippen LogP contribution in [0.5, 0.6) is 0 Å². The van der Waals surface area contributed by atoms with E-state index in [1.165, 1.54) is 25.7 Å². The topological polar surface area (TPSA) is 21.3 Å². The van der Waals surface area contributed by atoms with Crippen LogP contribution >= 0.6 is 0 Å². The third kappa shape index (κ3) is 3.58. The van der Waals surface area contributed by atoms with Crippen LogP contribution < -0.4 is 5.32 Å². The molecule has 1 unspecified atom stereocenters. The molecule has 1 rings (SSSR count). The van der Waals surface area contributed by atoms with Crippen LogP contribution in [0.4, 0.5) is 0 Å².